The Kier molecular flexibility index (Phi) is 5.40. The Labute approximate surface area is 168 Å². The number of fused-ring (bicyclic) bond motifs is 1. The molecule has 1 aromatic heterocycles. The van der Waals surface area contributed by atoms with Gasteiger partial charge in [0.05, 0.1) is 12.8 Å². The molecule has 0 aliphatic rings. The van der Waals surface area contributed by atoms with Crippen molar-refractivity contribution in [3.8, 4) is 0 Å². The predicted molar refractivity (Wildman–Crippen MR) is 113 cm³/mol. The minimum atomic E-state index is -0.224. The van der Waals surface area contributed by atoms with Crippen LogP contribution in [0.2, 0.25) is 5.02 Å². The van der Waals surface area contributed by atoms with E-state index in [1.165, 1.54) is 12.1 Å². The fraction of sp³-hybridized carbons (Fsp3) is 0.0870. The van der Waals surface area contributed by atoms with Gasteiger partial charge in [0, 0.05) is 34.2 Å². The fourth-order valence-electron chi connectivity index (χ4n) is 3.18. The third kappa shape index (κ3) is 4.07. The first-order chi connectivity index (χ1) is 13.7. The van der Waals surface area contributed by atoms with Gasteiger partial charge >= 0.3 is 0 Å². The number of benzene rings is 3. The zero-order valence-corrected chi connectivity index (χ0v) is 15.9. The highest BCUT2D eigenvalue weighted by Crippen LogP contribution is 2.21. The van der Waals surface area contributed by atoms with Gasteiger partial charge in [-0.25, -0.2) is 4.39 Å². The summed E-state index contributed by atoms with van der Waals surface area (Å²) in [6.45, 7) is 1.23. The fourth-order valence-corrected chi connectivity index (χ4v) is 3.39. The third-order valence-corrected chi connectivity index (χ3v) is 4.98. The average Bonchev–Trinajstić information content (AvgIpc) is 3.06. The lowest BCUT2D eigenvalue weighted by Gasteiger charge is -2.05. The molecule has 4 aromatic rings. The molecule has 0 unspecified atom stereocenters. The van der Waals surface area contributed by atoms with Gasteiger partial charge in [0.2, 0.25) is 0 Å². The highest BCUT2D eigenvalue weighted by atomic mass is 35.5. The van der Waals surface area contributed by atoms with Crippen LogP contribution in [-0.4, -0.2) is 10.8 Å². The molecule has 1 N–H and O–H groups in total. The van der Waals surface area contributed by atoms with Crippen LogP contribution in [0.5, 0.6) is 0 Å². The Morgan fingerprint density at radius 2 is 1.71 bits per heavy atom. The van der Waals surface area contributed by atoms with E-state index in [-0.39, 0.29) is 5.82 Å². The van der Waals surface area contributed by atoms with Gasteiger partial charge in [0.25, 0.3) is 0 Å². The van der Waals surface area contributed by atoms with Crippen molar-refractivity contribution in [1.82, 2.24) is 9.99 Å². The van der Waals surface area contributed by atoms with Crippen LogP contribution in [0.3, 0.4) is 0 Å². The first kappa shape index (κ1) is 18.3. The lowest BCUT2D eigenvalue weighted by molar-refractivity contribution is 0.626. The average molecular weight is 392 g/mol. The Balaban J connectivity index is 1.54. The Morgan fingerprint density at radius 1 is 0.964 bits per heavy atom. The number of aromatic nitrogens is 1. The van der Waals surface area contributed by atoms with Gasteiger partial charge in [0.15, 0.2) is 0 Å². The monoisotopic (exact) mass is 391 g/mol. The van der Waals surface area contributed by atoms with Crippen LogP contribution in [0.4, 0.5) is 4.39 Å². The van der Waals surface area contributed by atoms with Crippen molar-refractivity contribution in [3.63, 3.8) is 0 Å². The van der Waals surface area contributed by atoms with Crippen molar-refractivity contribution >= 4 is 28.7 Å². The summed E-state index contributed by atoms with van der Waals surface area (Å²) >= 11 is 6.17. The molecule has 0 fully saturated rings. The van der Waals surface area contributed by atoms with Crippen molar-refractivity contribution in [2.45, 2.75) is 13.1 Å². The molecular weight excluding hydrogens is 373 g/mol. The summed E-state index contributed by atoms with van der Waals surface area (Å²) in [7, 11) is 0. The molecule has 140 valence electrons. The van der Waals surface area contributed by atoms with E-state index >= 15 is 0 Å². The van der Waals surface area contributed by atoms with Gasteiger partial charge < -0.3 is 9.99 Å². The molecule has 0 saturated heterocycles. The van der Waals surface area contributed by atoms with E-state index in [4.69, 9.17) is 11.6 Å². The van der Waals surface area contributed by atoms with Gasteiger partial charge in [-0.05, 0) is 35.4 Å². The minimum absolute atomic E-state index is 0.224. The number of hydrogen-bond donors (Lipinski definition) is 1. The molecule has 28 heavy (non-hydrogen) atoms. The van der Waals surface area contributed by atoms with Gasteiger partial charge in [0.1, 0.15) is 5.82 Å². The summed E-state index contributed by atoms with van der Waals surface area (Å²) < 4.78 is 15.3. The van der Waals surface area contributed by atoms with E-state index in [0.717, 1.165) is 32.6 Å². The van der Waals surface area contributed by atoms with Crippen LogP contribution in [0.25, 0.3) is 10.9 Å². The standard InChI is InChI=1S/C23H19ClFN3/c24-22-7-3-1-5-18(22)13-26-27-14-19-16-28(23-8-4-2-6-21(19)23)15-17-9-11-20(25)12-10-17/h1-12,14,16,26H,13,15H2/b27-14-. The summed E-state index contributed by atoms with van der Waals surface area (Å²) in [5, 5.41) is 6.21. The van der Waals surface area contributed by atoms with Gasteiger partial charge in [-0.1, -0.05) is 60.1 Å². The molecule has 3 nitrogen and oxygen atoms in total. The van der Waals surface area contributed by atoms with Crippen LogP contribution in [0.15, 0.2) is 84.1 Å². The lowest BCUT2D eigenvalue weighted by Crippen LogP contribution is -2.05. The minimum Gasteiger partial charge on any atom is -0.342 e. The van der Waals surface area contributed by atoms with Crippen molar-refractivity contribution in [3.05, 3.63) is 107 Å². The van der Waals surface area contributed by atoms with E-state index in [1.54, 1.807) is 0 Å². The smallest absolute Gasteiger partial charge is 0.123 e. The number of nitrogens with zero attached hydrogens (tertiary/aromatic N) is 2. The van der Waals surface area contributed by atoms with E-state index in [1.807, 2.05) is 54.7 Å². The quantitative estimate of drug-likeness (QED) is 0.336. The Morgan fingerprint density at radius 3 is 2.54 bits per heavy atom. The van der Waals surface area contributed by atoms with Crippen molar-refractivity contribution in [1.29, 1.82) is 0 Å². The van der Waals surface area contributed by atoms with E-state index in [9.17, 15) is 4.39 Å². The zero-order chi connectivity index (χ0) is 19.3. The molecule has 0 radical (unpaired) electrons. The summed E-state index contributed by atoms with van der Waals surface area (Å²) in [6.07, 6.45) is 3.88. The van der Waals surface area contributed by atoms with Crippen molar-refractivity contribution < 1.29 is 4.39 Å². The van der Waals surface area contributed by atoms with E-state index in [0.29, 0.717) is 13.1 Å². The molecule has 0 amide bonds. The maximum Gasteiger partial charge on any atom is 0.123 e. The van der Waals surface area contributed by atoms with Gasteiger partial charge in [-0.15, -0.1) is 0 Å². The highest BCUT2D eigenvalue weighted by Gasteiger charge is 2.07. The summed E-state index contributed by atoms with van der Waals surface area (Å²) in [5.74, 6) is -0.224. The molecule has 0 aliphatic carbocycles. The maximum atomic E-state index is 13.2. The van der Waals surface area contributed by atoms with Crippen LogP contribution in [0.1, 0.15) is 16.7 Å². The number of halogens is 2. The summed E-state index contributed by atoms with van der Waals surface area (Å²) in [6, 6.07) is 22.5. The van der Waals surface area contributed by atoms with Crippen molar-refractivity contribution in [2.75, 3.05) is 0 Å². The molecule has 0 atom stereocenters. The molecular formula is C23H19ClFN3. The Hall–Kier alpha value is -3.11. The highest BCUT2D eigenvalue weighted by molar-refractivity contribution is 6.31. The molecule has 0 spiro atoms. The lowest BCUT2D eigenvalue weighted by atomic mass is 10.2. The third-order valence-electron chi connectivity index (χ3n) is 4.61. The van der Waals surface area contributed by atoms with Gasteiger partial charge in [-0.3, -0.25) is 0 Å². The SMILES string of the molecule is Fc1ccc(Cn2cc(/C=N\NCc3ccccc3Cl)c3ccccc32)cc1. The second-order valence-corrected chi connectivity index (χ2v) is 6.95. The Bertz CT molecular complexity index is 1120. The maximum absolute atomic E-state index is 13.2. The topological polar surface area (TPSA) is 29.3 Å². The van der Waals surface area contributed by atoms with Crippen LogP contribution < -0.4 is 5.43 Å². The molecule has 0 saturated carbocycles. The first-order valence-corrected chi connectivity index (χ1v) is 9.40. The van der Waals surface area contributed by atoms with Crippen LogP contribution in [0, 0.1) is 5.82 Å². The molecule has 0 aliphatic heterocycles. The predicted octanol–water partition coefficient (Wildman–Crippen LogP) is 5.61. The van der Waals surface area contributed by atoms with E-state index in [2.05, 4.69) is 33.4 Å². The summed E-state index contributed by atoms with van der Waals surface area (Å²) in [5.41, 5.74) is 7.23. The van der Waals surface area contributed by atoms with Crippen LogP contribution >= 0.6 is 11.6 Å². The molecule has 4 rings (SSSR count). The summed E-state index contributed by atoms with van der Waals surface area (Å²) in [4.78, 5) is 0. The molecule has 3 aromatic carbocycles. The number of hydrazone groups is 1. The van der Waals surface area contributed by atoms with Crippen molar-refractivity contribution in [2.24, 2.45) is 5.10 Å². The second kappa shape index (κ2) is 8.28. The number of rotatable bonds is 6. The van der Waals surface area contributed by atoms with Gasteiger partial charge in [-0.2, -0.15) is 5.10 Å². The largest absolute Gasteiger partial charge is 0.342 e. The molecule has 5 heteroatoms. The number of nitrogens with one attached hydrogen (secondary N) is 1. The number of hydrogen-bond acceptors (Lipinski definition) is 2. The normalized spacial score (nSPS) is 11.4. The van der Waals surface area contributed by atoms with Crippen LogP contribution in [-0.2, 0) is 13.1 Å². The molecule has 0 bridgehead atoms. The second-order valence-electron chi connectivity index (χ2n) is 6.54. The first-order valence-electron chi connectivity index (χ1n) is 9.02. The number of para-hydroxylation sites is 1. The van der Waals surface area contributed by atoms with E-state index < -0.39 is 0 Å². The zero-order valence-electron chi connectivity index (χ0n) is 15.1. The molecule has 1 heterocycles.